The molecule has 0 aliphatic heterocycles. The van der Waals surface area contributed by atoms with Crippen LogP contribution in [0.5, 0.6) is 11.5 Å². The van der Waals surface area contributed by atoms with E-state index in [-0.39, 0.29) is 54.1 Å². The first-order valence-corrected chi connectivity index (χ1v) is 11.2. The Hall–Kier alpha value is -3.56. The third-order valence-corrected chi connectivity index (χ3v) is 5.16. The standard InChI is InChI=1S/C24H32N2O8/c1-6-26-16(11-18(24(31)32)20(22(26)28)33-7-2)10-15(5)13-34-19-17(23(29)30)8-9-25(21(19)27)12-14(3)4/h8-9,11,14-15H,6-7,10,12-13H2,1-5H3,(H,29,30)(H,31,32). The van der Waals surface area contributed by atoms with Crippen molar-refractivity contribution in [2.24, 2.45) is 11.8 Å². The molecule has 0 saturated carbocycles. The van der Waals surface area contributed by atoms with Gasteiger partial charge in [-0.05, 0) is 44.2 Å². The van der Waals surface area contributed by atoms with Crippen molar-refractivity contribution in [2.75, 3.05) is 13.2 Å². The van der Waals surface area contributed by atoms with Gasteiger partial charge in [0.05, 0.1) is 13.2 Å². The van der Waals surface area contributed by atoms with Crippen molar-refractivity contribution in [2.45, 2.75) is 54.1 Å². The molecule has 2 aromatic heterocycles. The number of nitrogens with zero attached hydrogens (tertiary/aromatic N) is 2. The van der Waals surface area contributed by atoms with Crippen molar-refractivity contribution >= 4 is 11.9 Å². The van der Waals surface area contributed by atoms with Gasteiger partial charge >= 0.3 is 11.9 Å². The Morgan fingerprint density at radius 1 is 0.971 bits per heavy atom. The summed E-state index contributed by atoms with van der Waals surface area (Å²) in [5.41, 5.74) is -1.02. The van der Waals surface area contributed by atoms with Gasteiger partial charge in [0.2, 0.25) is 0 Å². The summed E-state index contributed by atoms with van der Waals surface area (Å²) >= 11 is 0. The van der Waals surface area contributed by atoms with E-state index < -0.39 is 23.1 Å². The van der Waals surface area contributed by atoms with Crippen LogP contribution in [0.2, 0.25) is 0 Å². The molecule has 186 valence electrons. The van der Waals surface area contributed by atoms with Crippen LogP contribution in [0, 0.1) is 11.8 Å². The highest BCUT2D eigenvalue weighted by Crippen LogP contribution is 2.20. The van der Waals surface area contributed by atoms with Crippen molar-refractivity contribution in [1.82, 2.24) is 9.13 Å². The number of aromatic carboxylic acids is 2. The van der Waals surface area contributed by atoms with Gasteiger partial charge in [0.25, 0.3) is 11.1 Å². The van der Waals surface area contributed by atoms with Crippen LogP contribution in [0.1, 0.15) is 61.0 Å². The third-order valence-electron chi connectivity index (χ3n) is 5.16. The Kier molecular flexibility index (Phi) is 9.05. The average Bonchev–Trinajstić information content (AvgIpc) is 2.75. The van der Waals surface area contributed by atoms with Crippen LogP contribution in [-0.2, 0) is 19.5 Å². The van der Waals surface area contributed by atoms with E-state index in [1.54, 1.807) is 20.8 Å². The van der Waals surface area contributed by atoms with Gasteiger partial charge in [-0.2, -0.15) is 0 Å². The molecule has 0 fully saturated rings. The SMILES string of the molecule is CCOc1c(C(=O)O)cc(CC(C)COc2c(C(=O)O)ccn(CC(C)C)c2=O)n(CC)c1=O. The van der Waals surface area contributed by atoms with Gasteiger partial charge in [0.1, 0.15) is 11.1 Å². The summed E-state index contributed by atoms with van der Waals surface area (Å²) < 4.78 is 13.8. The van der Waals surface area contributed by atoms with Crippen LogP contribution in [0.4, 0.5) is 0 Å². The monoisotopic (exact) mass is 476 g/mol. The second-order valence-corrected chi connectivity index (χ2v) is 8.50. The van der Waals surface area contributed by atoms with Crippen LogP contribution < -0.4 is 20.6 Å². The van der Waals surface area contributed by atoms with E-state index in [2.05, 4.69) is 0 Å². The molecule has 0 bridgehead atoms. The first-order valence-electron chi connectivity index (χ1n) is 11.2. The molecule has 0 saturated heterocycles. The number of aromatic nitrogens is 2. The number of rotatable bonds is 12. The Labute approximate surface area is 197 Å². The first kappa shape index (κ1) is 26.7. The Morgan fingerprint density at radius 2 is 1.59 bits per heavy atom. The topological polar surface area (TPSA) is 137 Å². The minimum atomic E-state index is -1.27. The fraction of sp³-hybridized carbons (Fsp3) is 0.500. The molecule has 0 amide bonds. The Bertz CT molecular complexity index is 1160. The Balaban J connectivity index is 2.35. The molecule has 0 aliphatic carbocycles. The maximum atomic E-state index is 12.8. The summed E-state index contributed by atoms with van der Waals surface area (Å²) in [5.74, 6) is -3.08. The molecule has 10 heteroatoms. The van der Waals surface area contributed by atoms with E-state index in [0.29, 0.717) is 18.8 Å². The van der Waals surface area contributed by atoms with Gasteiger partial charge in [0.15, 0.2) is 11.5 Å². The fourth-order valence-corrected chi connectivity index (χ4v) is 3.68. The quantitative estimate of drug-likeness (QED) is 0.477. The number of hydrogen-bond acceptors (Lipinski definition) is 6. The highest BCUT2D eigenvalue weighted by Gasteiger charge is 2.22. The minimum Gasteiger partial charge on any atom is -0.487 e. The van der Waals surface area contributed by atoms with Gasteiger partial charge in [-0.1, -0.05) is 20.8 Å². The lowest BCUT2D eigenvalue weighted by atomic mass is 10.0. The van der Waals surface area contributed by atoms with Crippen molar-refractivity contribution in [3.05, 3.63) is 55.9 Å². The molecule has 0 aliphatic rings. The average molecular weight is 477 g/mol. The maximum Gasteiger partial charge on any atom is 0.339 e. The van der Waals surface area contributed by atoms with Crippen LogP contribution in [0.15, 0.2) is 27.9 Å². The predicted octanol–water partition coefficient (Wildman–Crippen LogP) is 2.74. The molecule has 2 rings (SSSR count). The maximum absolute atomic E-state index is 12.8. The normalized spacial score (nSPS) is 11.9. The fourth-order valence-electron chi connectivity index (χ4n) is 3.68. The molecule has 0 aromatic carbocycles. The van der Waals surface area contributed by atoms with Gasteiger partial charge < -0.3 is 28.8 Å². The van der Waals surface area contributed by atoms with E-state index in [9.17, 15) is 29.4 Å². The number of ether oxygens (including phenoxy) is 2. The molecule has 2 heterocycles. The zero-order chi connectivity index (χ0) is 25.6. The third kappa shape index (κ3) is 6.06. The summed E-state index contributed by atoms with van der Waals surface area (Å²) in [6.07, 6.45) is 1.71. The lowest BCUT2D eigenvalue weighted by molar-refractivity contribution is 0.0680. The first-order chi connectivity index (χ1) is 16.0. The van der Waals surface area contributed by atoms with Crippen LogP contribution in [0.3, 0.4) is 0 Å². The van der Waals surface area contributed by atoms with E-state index in [1.807, 2.05) is 13.8 Å². The van der Waals surface area contributed by atoms with Gasteiger partial charge in [-0.25, -0.2) is 9.59 Å². The van der Waals surface area contributed by atoms with E-state index in [4.69, 9.17) is 9.47 Å². The molecule has 2 N–H and O–H groups in total. The number of carboxylic acids is 2. The smallest absolute Gasteiger partial charge is 0.339 e. The highest BCUT2D eigenvalue weighted by molar-refractivity contribution is 5.91. The van der Waals surface area contributed by atoms with Crippen molar-refractivity contribution in [1.29, 1.82) is 0 Å². The molecule has 10 nitrogen and oxygen atoms in total. The zero-order valence-electron chi connectivity index (χ0n) is 20.2. The molecular formula is C24H32N2O8. The molecular weight excluding hydrogens is 444 g/mol. The van der Waals surface area contributed by atoms with Gasteiger partial charge in [0, 0.05) is 25.0 Å². The minimum absolute atomic E-state index is 0.00523. The molecule has 0 radical (unpaired) electrons. The van der Waals surface area contributed by atoms with Crippen molar-refractivity contribution < 1.29 is 29.3 Å². The van der Waals surface area contributed by atoms with Crippen LogP contribution in [-0.4, -0.2) is 44.5 Å². The highest BCUT2D eigenvalue weighted by atomic mass is 16.5. The van der Waals surface area contributed by atoms with E-state index >= 15 is 0 Å². The molecule has 0 spiro atoms. The van der Waals surface area contributed by atoms with Crippen molar-refractivity contribution in [3.8, 4) is 11.5 Å². The van der Waals surface area contributed by atoms with Crippen LogP contribution >= 0.6 is 0 Å². The predicted molar refractivity (Wildman–Crippen MR) is 125 cm³/mol. The van der Waals surface area contributed by atoms with E-state index in [1.165, 1.54) is 27.5 Å². The summed E-state index contributed by atoms with van der Waals surface area (Å²) in [6.45, 7) is 9.99. The van der Waals surface area contributed by atoms with Crippen LogP contribution in [0.25, 0.3) is 0 Å². The number of carboxylic acid groups (broad SMARTS) is 2. The summed E-state index contributed by atoms with van der Waals surface area (Å²) in [5, 5.41) is 19.0. The lowest BCUT2D eigenvalue weighted by Gasteiger charge is -2.19. The molecule has 1 unspecified atom stereocenters. The Morgan fingerprint density at radius 3 is 2.12 bits per heavy atom. The molecule has 34 heavy (non-hydrogen) atoms. The number of carbonyl (C=O) groups is 2. The molecule has 1 atom stereocenters. The second-order valence-electron chi connectivity index (χ2n) is 8.50. The summed E-state index contributed by atoms with van der Waals surface area (Å²) in [4.78, 5) is 49.0. The van der Waals surface area contributed by atoms with Gasteiger partial charge in [-0.15, -0.1) is 0 Å². The lowest BCUT2D eigenvalue weighted by Crippen LogP contribution is -2.29. The second kappa shape index (κ2) is 11.5. The zero-order valence-corrected chi connectivity index (χ0v) is 20.2. The van der Waals surface area contributed by atoms with E-state index in [0.717, 1.165) is 0 Å². The number of pyridine rings is 2. The van der Waals surface area contributed by atoms with Gasteiger partial charge in [-0.3, -0.25) is 9.59 Å². The van der Waals surface area contributed by atoms with Crippen molar-refractivity contribution in [3.63, 3.8) is 0 Å². The number of hydrogen-bond donors (Lipinski definition) is 2. The summed E-state index contributed by atoms with van der Waals surface area (Å²) in [6, 6.07) is 2.75. The largest absolute Gasteiger partial charge is 0.487 e. The summed E-state index contributed by atoms with van der Waals surface area (Å²) in [7, 11) is 0. The molecule has 2 aromatic rings.